The third kappa shape index (κ3) is 2.93. The molecule has 0 saturated heterocycles. The standard InChI is InChI=1S/C20H16FN3OS/c1-12-3-6-15(9-13(12)2)19-17(11-25)24-20(22-19)26-18(23-24)10-14-4-7-16(21)8-5-14/h3-9,11H,10H2,1-2H3. The highest BCUT2D eigenvalue weighted by molar-refractivity contribution is 7.16. The summed E-state index contributed by atoms with van der Waals surface area (Å²) >= 11 is 1.44. The highest BCUT2D eigenvalue weighted by Gasteiger charge is 2.18. The second kappa shape index (κ2) is 6.46. The van der Waals surface area contributed by atoms with Crippen molar-refractivity contribution in [3.8, 4) is 11.3 Å². The Hall–Kier alpha value is -2.86. The van der Waals surface area contributed by atoms with E-state index >= 15 is 0 Å². The number of hydrogen-bond donors (Lipinski definition) is 0. The van der Waals surface area contributed by atoms with Gasteiger partial charge in [0.2, 0.25) is 4.96 Å². The highest BCUT2D eigenvalue weighted by atomic mass is 32.1. The molecule has 0 radical (unpaired) electrons. The van der Waals surface area contributed by atoms with E-state index in [9.17, 15) is 9.18 Å². The Bertz CT molecular complexity index is 1110. The zero-order chi connectivity index (χ0) is 18.3. The molecule has 2 heterocycles. The number of aromatic nitrogens is 3. The molecule has 0 aliphatic carbocycles. The summed E-state index contributed by atoms with van der Waals surface area (Å²) in [6, 6.07) is 12.4. The van der Waals surface area contributed by atoms with Crippen LogP contribution in [0.25, 0.3) is 16.2 Å². The van der Waals surface area contributed by atoms with E-state index < -0.39 is 0 Å². The number of aldehydes is 1. The summed E-state index contributed by atoms with van der Waals surface area (Å²) in [6.07, 6.45) is 1.37. The SMILES string of the molecule is Cc1ccc(-c2nc3sc(Cc4ccc(F)cc4)nn3c2C=O)cc1C. The normalized spacial score (nSPS) is 11.2. The maximum absolute atomic E-state index is 13.0. The van der Waals surface area contributed by atoms with Crippen molar-refractivity contribution in [3.63, 3.8) is 0 Å². The van der Waals surface area contributed by atoms with Gasteiger partial charge in [-0.05, 0) is 48.7 Å². The fraction of sp³-hybridized carbons (Fsp3) is 0.150. The summed E-state index contributed by atoms with van der Waals surface area (Å²) in [6.45, 7) is 4.09. The summed E-state index contributed by atoms with van der Waals surface area (Å²) in [5.41, 5.74) is 5.32. The minimum Gasteiger partial charge on any atom is -0.296 e. The first-order chi connectivity index (χ1) is 12.5. The summed E-state index contributed by atoms with van der Waals surface area (Å²) in [5, 5.41) is 5.36. The van der Waals surface area contributed by atoms with Gasteiger partial charge in [0.15, 0.2) is 6.29 Å². The summed E-state index contributed by atoms with van der Waals surface area (Å²) < 4.78 is 14.6. The van der Waals surface area contributed by atoms with Gasteiger partial charge in [-0.25, -0.2) is 9.37 Å². The van der Waals surface area contributed by atoms with Crippen LogP contribution in [-0.2, 0) is 6.42 Å². The van der Waals surface area contributed by atoms with Gasteiger partial charge in [0, 0.05) is 12.0 Å². The lowest BCUT2D eigenvalue weighted by Gasteiger charge is -2.03. The van der Waals surface area contributed by atoms with Crippen molar-refractivity contribution in [2.24, 2.45) is 0 Å². The van der Waals surface area contributed by atoms with E-state index in [4.69, 9.17) is 0 Å². The first-order valence-corrected chi connectivity index (χ1v) is 9.02. The van der Waals surface area contributed by atoms with Crippen LogP contribution in [0.2, 0.25) is 0 Å². The minimum absolute atomic E-state index is 0.260. The van der Waals surface area contributed by atoms with Crippen LogP contribution in [-0.4, -0.2) is 20.9 Å². The third-order valence-electron chi connectivity index (χ3n) is 4.44. The van der Waals surface area contributed by atoms with Crippen molar-refractivity contribution in [2.75, 3.05) is 0 Å². The van der Waals surface area contributed by atoms with Crippen molar-refractivity contribution < 1.29 is 9.18 Å². The number of nitrogens with zero attached hydrogens (tertiary/aromatic N) is 3. The fourth-order valence-electron chi connectivity index (χ4n) is 2.86. The van der Waals surface area contributed by atoms with Gasteiger partial charge in [0.1, 0.15) is 22.2 Å². The van der Waals surface area contributed by atoms with Crippen LogP contribution in [0.15, 0.2) is 42.5 Å². The van der Waals surface area contributed by atoms with Crippen molar-refractivity contribution in [1.29, 1.82) is 0 Å². The Morgan fingerprint density at radius 3 is 2.58 bits per heavy atom. The lowest BCUT2D eigenvalue weighted by Crippen LogP contribution is -1.96. The highest BCUT2D eigenvalue weighted by Crippen LogP contribution is 2.28. The molecule has 2 aromatic carbocycles. The van der Waals surface area contributed by atoms with Crippen molar-refractivity contribution in [1.82, 2.24) is 14.6 Å². The first kappa shape index (κ1) is 16.6. The molecule has 0 aliphatic heterocycles. The Kier molecular flexibility index (Phi) is 4.12. The number of imidazole rings is 1. The number of benzene rings is 2. The maximum Gasteiger partial charge on any atom is 0.213 e. The number of fused-ring (bicyclic) bond motifs is 1. The van der Waals surface area contributed by atoms with Gasteiger partial charge in [0.05, 0.1) is 0 Å². The Morgan fingerprint density at radius 1 is 1.12 bits per heavy atom. The number of rotatable bonds is 4. The molecule has 0 aliphatic rings. The van der Waals surface area contributed by atoms with Crippen LogP contribution in [0.3, 0.4) is 0 Å². The van der Waals surface area contributed by atoms with Crippen LogP contribution < -0.4 is 0 Å². The Morgan fingerprint density at radius 2 is 1.88 bits per heavy atom. The van der Waals surface area contributed by atoms with Crippen LogP contribution >= 0.6 is 11.3 Å². The molecule has 26 heavy (non-hydrogen) atoms. The molecule has 2 aromatic heterocycles. The quantitative estimate of drug-likeness (QED) is 0.496. The molecule has 6 heteroatoms. The molecule has 0 bridgehead atoms. The van der Waals surface area contributed by atoms with Gasteiger partial charge >= 0.3 is 0 Å². The predicted molar refractivity (Wildman–Crippen MR) is 100 cm³/mol. The van der Waals surface area contributed by atoms with E-state index in [0.717, 1.165) is 28.0 Å². The fourth-order valence-corrected chi connectivity index (χ4v) is 3.79. The van der Waals surface area contributed by atoms with Crippen LogP contribution in [0.4, 0.5) is 4.39 Å². The smallest absolute Gasteiger partial charge is 0.213 e. The molecule has 0 saturated carbocycles. The molecule has 0 atom stereocenters. The van der Waals surface area contributed by atoms with Crippen LogP contribution in [0.1, 0.15) is 32.2 Å². The number of carbonyl (C=O) groups excluding carboxylic acids is 1. The number of hydrogen-bond acceptors (Lipinski definition) is 4. The molecular formula is C20H16FN3OS. The number of halogens is 1. The molecule has 0 unspecified atom stereocenters. The van der Waals surface area contributed by atoms with E-state index in [0.29, 0.717) is 22.8 Å². The van der Waals surface area contributed by atoms with E-state index in [1.54, 1.807) is 16.6 Å². The van der Waals surface area contributed by atoms with Crippen molar-refractivity contribution in [3.05, 3.63) is 75.7 Å². The van der Waals surface area contributed by atoms with Gasteiger partial charge in [0.25, 0.3) is 0 Å². The summed E-state index contributed by atoms with van der Waals surface area (Å²) in [4.78, 5) is 17.0. The van der Waals surface area contributed by atoms with Crippen LogP contribution in [0.5, 0.6) is 0 Å². The van der Waals surface area contributed by atoms with E-state index in [1.807, 2.05) is 25.1 Å². The van der Waals surface area contributed by atoms with Gasteiger partial charge in [-0.2, -0.15) is 9.61 Å². The zero-order valence-electron chi connectivity index (χ0n) is 14.4. The average molecular weight is 365 g/mol. The molecule has 0 spiro atoms. The van der Waals surface area contributed by atoms with Crippen molar-refractivity contribution in [2.45, 2.75) is 20.3 Å². The summed E-state index contributed by atoms with van der Waals surface area (Å²) in [7, 11) is 0. The molecule has 4 nitrogen and oxygen atoms in total. The topological polar surface area (TPSA) is 47.3 Å². The van der Waals surface area contributed by atoms with E-state index in [-0.39, 0.29) is 5.82 Å². The molecular weight excluding hydrogens is 349 g/mol. The van der Waals surface area contributed by atoms with Crippen LogP contribution in [0, 0.1) is 19.7 Å². The second-order valence-corrected chi connectivity index (χ2v) is 7.30. The zero-order valence-corrected chi connectivity index (χ0v) is 15.2. The molecule has 0 N–H and O–H groups in total. The van der Waals surface area contributed by atoms with Gasteiger partial charge in [-0.1, -0.05) is 35.6 Å². The second-order valence-electron chi connectivity index (χ2n) is 6.26. The molecule has 0 fully saturated rings. The first-order valence-electron chi connectivity index (χ1n) is 8.21. The Balaban J connectivity index is 1.73. The molecule has 0 amide bonds. The van der Waals surface area contributed by atoms with Gasteiger partial charge in [-0.15, -0.1) is 0 Å². The minimum atomic E-state index is -0.260. The van der Waals surface area contributed by atoms with Gasteiger partial charge < -0.3 is 0 Å². The Labute approximate surface area is 153 Å². The van der Waals surface area contributed by atoms with Gasteiger partial charge in [-0.3, -0.25) is 4.79 Å². The number of carbonyl (C=O) groups is 1. The average Bonchev–Trinajstić information content (AvgIpc) is 3.16. The largest absolute Gasteiger partial charge is 0.296 e. The number of aryl methyl sites for hydroxylation is 2. The predicted octanol–water partition coefficient (Wildman–Crippen LogP) is 4.62. The van der Waals surface area contributed by atoms with E-state index in [2.05, 4.69) is 17.0 Å². The molecule has 4 rings (SSSR count). The third-order valence-corrected chi connectivity index (χ3v) is 5.35. The summed E-state index contributed by atoms with van der Waals surface area (Å²) in [5.74, 6) is -0.260. The van der Waals surface area contributed by atoms with E-state index in [1.165, 1.54) is 29.0 Å². The lowest BCUT2D eigenvalue weighted by atomic mass is 10.0. The van der Waals surface area contributed by atoms with Crippen molar-refractivity contribution >= 4 is 22.6 Å². The molecule has 130 valence electrons. The monoisotopic (exact) mass is 365 g/mol. The lowest BCUT2D eigenvalue weighted by molar-refractivity contribution is 0.111. The maximum atomic E-state index is 13.0. The molecule has 4 aromatic rings.